The van der Waals surface area contributed by atoms with E-state index in [-0.39, 0.29) is 17.4 Å². The monoisotopic (exact) mass is 356 g/mol. The Labute approximate surface area is 147 Å². The average molecular weight is 356 g/mol. The summed E-state index contributed by atoms with van der Waals surface area (Å²) < 4.78 is 21.5. The van der Waals surface area contributed by atoms with Crippen LogP contribution in [0.15, 0.2) is 0 Å². The zero-order chi connectivity index (χ0) is 19.2. The van der Waals surface area contributed by atoms with Crippen molar-refractivity contribution in [2.24, 2.45) is 0 Å². The number of nitrogens with zero attached hydrogens (tertiary/aromatic N) is 1. The van der Waals surface area contributed by atoms with E-state index in [0.717, 1.165) is 0 Å². The first-order valence-electron chi connectivity index (χ1n) is 7.99. The van der Waals surface area contributed by atoms with Crippen LogP contribution in [0.1, 0.15) is 27.2 Å². The Balaban J connectivity index is 2.78. The van der Waals surface area contributed by atoms with Gasteiger partial charge in [-0.25, -0.2) is 4.79 Å². The zero-order valence-electron chi connectivity index (χ0n) is 15.3. The molecular weight excluding hydrogens is 330 g/mol. The summed E-state index contributed by atoms with van der Waals surface area (Å²) >= 11 is 0. The van der Waals surface area contributed by atoms with E-state index in [2.05, 4.69) is 5.92 Å². The van der Waals surface area contributed by atoms with Gasteiger partial charge in [0, 0.05) is 20.3 Å². The minimum Gasteiger partial charge on any atom is -0.460 e. The molecule has 25 heavy (non-hydrogen) atoms. The van der Waals surface area contributed by atoms with Crippen LogP contribution in [0, 0.1) is 12.3 Å². The van der Waals surface area contributed by atoms with Crippen molar-refractivity contribution in [3.05, 3.63) is 0 Å². The molecule has 8 heteroatoms. The third kappa shape index (κ3) is 7.11. The first-order valence-corrected chi connectivity index (χ1v) is 7.99. The van der Waals surface area contributed by atoms with Gasteiger partial charge in [-0.3, -0.25) is 9.59 Å². The molecule has 0 spiro atoms. The molecule has 1 aliphatic rings. The molecule has 1 fully saturated rings. The molecule has 0 aromatic carbocycles. The smallest absolute Gasteiger partial charge is 0.364 e. The fraction of sp³-hybridized carbons (Fsp3) is 0.706. The highest BCUT2D eigenvalue weighted by molar-refractivity contribution is 5.71. The number of rotatable bonds is 6. The van der Waals surface area contributed by atoms with E-state index in [1.165, 1.54) is 13.8 Å². The van der Waals surface area contributed by atoms with Gasteiger partial charge in [0.2, 0.25) is 6.29 Å². The second-order valence-corrected chi connectivity index (χ2v) is 6.69. The minimum absolute atomic E-state index is 0.0403. The number of hydrogen-bond acceptors (Lipinski definition) is 7. The predicted molar refractivity (Wildman–Crippen MR) is 86.8 cm³/mol. The molecule has 1 rings (SSSR count). The lowest BCUT2D eigenvalue weighted by Gasteiger charge is -2.38. The number of quaternary nitrogens is 1. The van der Waals surface area contributed by atoms with Crippen molar-refractivity contribution in [3.63, 3.8) is 0 Å². The topological polar surface area (TPSA) is 88.1 Å². The van der Waals surface area contributed by atoms with Crippen LogP contribution in [0.5, 0.6) is 0 Å². The summed E-state index contributed by atoms with van der Waals surface area (Å²) in [7, 11) is 3.59. The van der Waals surface area contributed by atoms with Crippen molar-refractivity contribution in [2.75, 3.05) is 27.2 Å². The van der Waals surface area contributed by atoms with Crippen molar-refractivity contribution in [2.45, 2.75) is 51.8 Å². The quantitative estimate of drug-likeness (QED) is 0.291. The van der Waals surface area contributed by atoms with Gasteiger partial charge in [0.1, 0.15) is 12.6 Å². The van der Waals surface area contributed by atoms with Crippen molar-refractivity contribution < 1.29 is 37.8 Å². The summed E-state index contributed by atoms with van der Waals surface area (Å²) in [5, 5.41) is 0. The second kappa shape index (κ2) is 8.83. The first kappa shape index (κ1) is 20.9. The molecule has 0 aromatic rings. The van der Waals surface area contributed by atoms with E-state index in [1.54, 1.807) is 21.0 Å². The highest BCUT2D eigenvalue weighted by Gasteiger charge is 2.42. The maximum absolute atomic E-state index is 12.2. The summed E-state index contributed by atoms with van der Waals surface area (Å²) in [6.07, 6.45) is 2.44. The third-order valence-corrected chi connectivity index (χ3v) is 3.60. The van der Waals surface area contributed by atoms with Crippen molar-refractivity contribution >= 4 is 17.9 Å². The largest absolute Gasteiger partial charge is 0.460 e. The molecule has 1 aliphatic heterocycles. The molecule has 0 saturated carbocycles. The number of hydrogen-bond donors (Lipinski definition) is 0. The van der Waals surface area contributed by atoms with Gasteiger partial charge in [-0.1, -0.05) is 0 Å². The number of terminal acetylenes is 1. The highest BCUT2D eigenvalue weighted by Crippen LogP contribution is 2.26. The Kier molecular flexibility index (Phi) is 7.39. The Morgan fingerprint density at radius 3 is 2.20 bits per heavy atom. The van der Waals surface area contributed by atoms with Gasteiger partial charge in [0.15, 0.2) is 12.6 Å². The van der Waals surface area contributed by atoms with E-state index < -0.39 is 42.5 Å². The number of carbonyl (C=O) groups excluding carboxylic acids is 3. The van der Waals surface area contributed by atoms with Gasteiger partial charge >= 0.3 is 17.9 Å². The molecule has 0 bridgehead atoms. The SMILES string of the molecule is C#CC[N+](C)(C)CC(=O)OC1O[C@@H](C)C(OC(C)=O)C[C@H]1OC(C)=O. The molecule has 0 amide bonds. The second-order valence-electron chi connectivity index (χ2n) is 6.69. The predicted octanol–water partition coefficient (Wildman–Crippen LogP) is 0.238. The van der Waals surface area contributed by atoms with Gasteiger partial charge in [-0.15, -0.1) is 6.42 Å². The molecule has 1 heterocycles. The summed E-state index contributed by atoms with van der Waals surface area (Å²) in [6, 6.07) is 0. The molecule has 0 aromatic heterocycles. The minimum atomic E-state index is -1.07. The molecule has 0 radical (unpaired) electrons. The van der Waals surface area contributed by atoms with Gasteiger partial charge < -0.3 is 23.4 Å². The number of esters is 3. The summed E-state index contributed by atoms with van der Waals surface area (Å²) in [4.78, 5) is 34.7. The molecule has 4 atom stereocenters. The zero-order valence-corrected chi connectivity index (χ0v) is 15.3. The molecule has 140 valence electrons. The lowest BCUT2D eigenvalue weighted by Crippen LogP contribution is -2.52. The van der Waals surface area contributed by atoms with Crippen LogP contribution >= 0.6 is 0 Å². The number of likely N-dealkylation sites (N-methyl/N-ethyl adjacent to an activating group) is 1. The summed E-state index contributed by atoms with van der Waals surface area (Å²) in [5.41, 5.74) is 0. The first-order chi connectivity index (χ1) is 11.5. The fourth-order valence-electron chi connectivity index (χ4n) is 2.52. The van der Waals surface area contributed by atoms with Crippen LogP contribution in [0.3, 0.4) is 0 Å². The van der Waals surface area contributed by atoms with E-state index >= 15 is 0 Å². The number of ether oxygens (including phenoxy) is 4. The van der Waals surface area contributed by atoms with E-state index in [0.29, 0.717) is 6.54 Å². The Morgan fingerprint density at radius 1 is 1.12 bits per heavy atom. The lowest BCUT2D eigenvalue weighted by molar-refractivity contribution is -0.875. The highest BCUT2D eigenvalue weighted by atomic mass is 16.7. The maximum atomic E-state index is 12.2. The van der Waals surface area contributed by atoms with E-state index in [4.69, 9.17) is 25.4 Å². The van der Waals surface area contributed by atoms with E-state index in [1.807, 2.05) is 0 Å². The fourth-order valence-corrected chi connectivity index (χ4v) is 2.52. The molecular formula is C17H26NO7+. The van der Waals surface area contributed by atoms with Gasteiger partial charge in [0.25, 0.3) is 0 Å². The lowest BCUT2D eigenvalue weighted by atomic mass is 10.0. The number of carbonyl (C=O) groups is 3. The van der Waals surface area contributed by atoms with Crippen LogP contribution in [0.4, 0.5) is 0 Å². The standard InChI is InChI=1S/C17H26NO7/c1-7-8-18(5,6)10-16(21)25-17-15(24-13(4)20)9-14(11(2)22-17)23-12(3)19/h1,11,14-15,17H,8-10H2,2-6H3/q+1/t11-,14?,15+,17?/m0/s1. The Hall–Kier alpha value is -2.11. The van der Waals surface area contributed by atoms with E-state index in [9.17, 15) is 14.4 Å². The van der Waals surface area contributed by atoms with Crippen molar-refractivity contribution in [3.8, 4) is 12.3 Å². The third-order valence-electron chi connectivity index (χ3n) is 3.60. The van der Waals surface area contributed by atoms with Crippen molar-refractivity contribution in [1.29, 1.82) is 0 Å². The molecule has 8 nitrogen and oxygen atoms in total. The maximum Gasteiger partial charge on any atom is 0.364 e. The van der Waals surface area contributed by atoms with Gasteiger partial charge in [0.05, 0.1) is 20.2 Å². The molecule has 2 unspecified atom stereocenters. The Morgan fingerprint density at radius 2 is 1.68 bits per heavy atom. The van der Waals surface area contributed by atoms with Crippen LogP contribution in [-0.4, -0.2) is 74.2 Å². The summed E-state index contributed by atoms with van der Waals surface area (Å²) in [5.74, 6) is 0.957. The van der Waals surface area contributed by atoms with Crippen molar-refractivity contribution in [1.82, 2.24) is 0 Å². The van der Waals surface area contributed by atoms with Crippen LogP contribution < -0.4 is 0 Å². The molecule has 1 saturated heterocycles. The van der Waals surface area contributed by atoms with Gasteiger partial charge in [-0.05, 0) is 12.8 Å². The summed E-state index contributed by atoms with van der Waals surface area (Å²) in [6.45, 7) is 4.62. The molecule has 0 aliphatic carbocycles. The van der Waals surface area contributed by atoms with Crippen LogP contribution in [0.25, 0.3) is 0 Å². The Bertz CT molecular complexity index is 552. The normalized spacial score (nSPS) is 26.2. The van der Waals surface area contributed by atoms with Crippen LogP contribution in [-0.2, 0) is 33.3 Å². The molecule has 0 N–H and O–H groups in total. The van der Waals surface area contributed by atoms with Crippen LogP contribution in [0.2, 0.25) is 0 Å². The van der Waals surface area contributed by atoms with Gasteiger partial charge in [-0.2, -0.15) is 0 Å². The average Bonchev–Trinajstić information content (AvgIpc) is 2.41.